The van der Waals surface area contributed by atoms with Crippen LogP contribution in [0.2, 0.25) is 0 Å². The summed E-state index contributed by atoms with van der Waals surface area (Å²) in [5, 5.41) is 1.05. The second kappa shape index (κ2) is 7.59. The van der Waals surface area contributed by atoms with Gasteiger partial charge in [0.25, 0.3) is 0 Å². The molecule has 0 amide bonds. The Kier molecular flexibility index (Phi) is 4.56. The molecule has 0 radical (unpaired) electrons. The SMILES string of the molecule is Nc1nc2ncc(-c3ccc4c(c3)CN(c3ncnc5ccc(I)cc35)CCO4)cc2[nH]1. The second-order valence-electron chi connectivity index (χ2n) is 7.67. The van der Waals surface area contributed by atoms with Gasteiger partial charge in [-0.25, -0.2) is 15.0 Å². The quantitative estimate of drug-likeness (QED) is 0.327. The predicted octanol–water partition coefficient (Wildman–Crippen LogP) is 4.15. The van der Waals surface area contributed by atoms with Crippen molar-refractivity contribution in [2.75, 3.05) is 23.8 Å². The number of nitrogens with zero attached hydrogens (tertiary/aromatic N) is 5. The number of fused-ring (bicyclic) bond motifs is 3. The molecule has 9 heteroatoms. The Morgan fingerprint density at radius 3 is 2.91 bits per heavy atom. The lowest BCUT2D eigenvalue weighted by atomic mass is 10.0. The highest BCUT2D eigenvalue weighted by Gasteiger charge is 2.20. The second-order valence-corrected chi connectivity index (χ2v) is 8.91. The van der Waals surface area contributed by atoms with Gasteiger partial charge in [0.2, 0.25) is 0 Å². The summed E-state index contributed by atoms with van der Waals surface area (Å²) in [5.74, 6) is 2.18. The molecule has 0 unspecified atom stereocenters. The summed E-state index contributed by atoms with van der Waals surface area (Å²) in [6.45, 7) is 2.01. The van der Waals surface area contributed by atoms with Crippen molar-refractivity contribution in [2.24, 2.45) is 0 Å². The molecule has 158 valence electrons. The molecular formula is C23H18IN7O. The van der Waals surface area contributed by atoms with Gasteiger partial charge in [0.15, 0.2) is 11.6 Å². The van der Waals surface area contributed by atoms with E-state index in [1.807, 2.05) is 24.4 Å². The Morgan fingerprint density at radius 2 is 1.97 bits per heavy atom. The number of nitrogens with two attached hydrogens (primary N) is 1. The van der Waals surface area contributed by atoms with E-state index in [4.69, 9.17) is 10.5 Å². The average Bonchev–Trinajstić information content (AvgIpc) is 3.04. The minimum atomic E-state index is 0.363. The van der Waals surface area contributed by atoms with E-state index in [0.29, 0.717) is 24.7 Å². The number of anilines is 2. The van der Waals surface area contributed by atoms with E-state index in [-0.39, 0.29) is 0 Å². The maximum Gasteiger partial charge on any atom is 0.200 e. The molecule has 1 aliphatic rings. The molecule has 5 aromatic rings. The third-order valence-corrected chi connectivity index (χ3v) is 6.28. The summed E-state index contributed by atoms with van der Waals surface area (Å²) in [7, 11) is 0. The highest BCUT2D eigenvalue weighted by molar-refractivity contribution is 14.1. The van der Waals surface area contributed by atoms with Gasteiger partial charge in [-0.2, -0.15) is 4.98 Å². The predicted molar refractivity (Wildman–Crippen MR) is 133 cm³/mol. The summed E-state index contributed by atoms with van der Waals surface area (Å²) in [6.07, 6.45) is 3.45. The van der Waals surface area contributed by atoms with Gasteiger partial charge in [0, 0.05) is 32.8 Å². The maximum atomic E-state index is 6.07. The van der Waals surface area contributed by atoms with Crippen LogP contribution in [0.4, 0.5) is 11.8 Å². The summed E-state index contributed by atoms with van der Waals surface area (Å²) < 4.78 is 7.22. The number of aromatic amines is 1. The van der Waals surface area contributed by atoms with Crippen molar-refractivity contribution in [3.8, 4) is 16.9 Å². The summed E-state index contributed by atoms with van der Waals surface area (Å²) in [6, 6.07) is 14.5. The van der Waals surface area contributed by atoms with Gasteiger partial charge >= 0.3 is 0 Å². The lowest BCUT2D eigenvalue weighted by Gasteiger charge is -2.22. The Hall–Kier alpha value is -3.47. The fraction of sp³-hybridized carbons (Fsp3) is 0.130. The largest absolute Gasteiger partial charge is 0.491 e. The molecule has 0 atom stereocenters. The summed E-state index contributed by atoms with van der Waals surface area (Å²) in [4.78, 5) is 23.0. The number of rotatable bonds is 2. The van der Waals surface area contributed by atoms with Crippen LogP contribution in [0.25, 0.3) is 33.2 Å². The third kappa shape index (κ3) is 3.38. The first kappa shape index (κ1) is 19.2. The lowest BCUT2D eigenvalue weighted by molar-refractivity contribution is 0.331. The summed E-state index contributed by atoms with van der Waals surface area (Å²) in [5.41, 5.74) is 11.3. The van der Waals surface area contributed by atoms with Crippen LogP contribution < -0.4 is 15.4 Å². The van der Waals surface area contributed by atoms with Crippen LogP contribution in [0, 0.1) is 3.57 Å². The number of nitrogen functional groups attached to an aromatic ring is 1. The van der Waals surface area contributed by atoms with E-state index >= 15 is 0 Å². The van der Waals surface area contributed by atoms with Crippen molar-refractivity contribution in [1.29, 1.82) is 0 Å². The standard InChI is InChI=1S/C23H18IN7O/c24-16-2-3-18-17(9-16)22(28-12-27-18)31-5-6-32-20-4-1-13(7-15(20)11-31)14-8-19-21(26-10-14)30-23(25)29-19/h1-4,7-10,12H,5-6,11H2,(H3,25,26,29,30). The minimum Gasteiger partial charge on any atom is -0.491 e. The molecular weight excluding hydrogens is 517 g/mol. The Labute approximate surface area is 197 Å². The fourth-order valence-corrected chi connectivity index (χ4v) is 4.59. The molecule has 8 nitrogen and oxygen atoms in total. The van der Waals surface area contributed by atoms with Crippen LogP contribution in [-0.4, -0.2) is 38.1 Å². The normalized spacial score (nSPS) is 13.7. The highest BCUT2D eigenvalue weighted by atomic mass is 127. The van der Waals surface area contributed by atoms with E-state index in [9.17, 15) is 0 Å². The molecule has 0 bridgehead atoms. The third-order valence-electron chi connectivity index (χ3n) is 5.61. The monoisotopic (exact) mass is 535 g/mol. The van der Waals surface area contributed by atoms with Crippen molar-refractivity contribution in [3.05, 3.63) is 64.1 Å². The van der Waals surface area contributed by atoms with Gasteiger partial charge in [-0.05, 0) is 64.6 Å². The number of imidazole rings is 1. The van der Waals surface area contributed by atoms with Crippen molar-refractivity contribution in [2.45, 2.75) is 6.54 Å². The Bertz CT molecular complexity index is 1480. The van der Waals surface area contributed by atoms with Crippen molar-refractivity contribution < 1.29 is 4.74 Å². The Balaban J connectivity index is 1.40. The summed E-state index contributed by atoms with van der Waals surface area (Å²) >= 11 is 2.32. The molecule has 0 spiro atoms. The first-order chi connectivity index (χ1) is 15.6. The number of hydrogen-bond acceptors (Lipinski definition) is 7. The zero-order chi connectivity index (χ0) is 21.7. The van der Waals surface area contributed by atoms with Gasteiger partial charge < -0.3 is 20.4 Å². The van der Waals surface area contributed by atoms with Gasteiger partial charge in [0.1, 0.15) is 24.5 Å². The van der Waals surface area contributed by atoms with Crippen molar-refractivity contribution >= 4 is 56.4 Å². The fourth-order valence-electron chi connectivity index (χ4n) is 4.10. The zero-order valence-electron chi connectivity index (χ0n) is 16.9. The van der Waals surface area contributed by atoms with Gasteiger partial charge in [-0.3, -0.25) is 0 Å². The highest BCUT2D eigenvalue weighted by Crippen LogP contribution is 2.33. The molecule has 0 saturated carbocycles. The topological polar surface area (TPSA) is 106 Å². The van der Waals surface area contributed by atoms with Crippen molar-refractivity contribution in [1.82, 2.24) is 24.9 Å². The molecule has 2 aromatic carbocycles. The molecule has 1 aliphatic heterocycles. The van der Waals surface area contributed by atoms with Gasteiger partial charge in [-0.1, -0.05) is 6.07 Å². The number of aromatic nitrogens is 5. The molecule has 0 aliphatic carbocycles. The Morgan fingerprint density at radius 1 is 1.03 bits per heavy atom. The van der Waals surface area contributed by atoms with Crippen LogP contribution in [-0.2, 0) is 6.54 Å². The minimum absolute atomic E-state index is 0.363. The van der Waals surface area contributed by atoms with Crippen LogP contribution >= 0.6 is 22.6 Å². The molecule has 0 fully saturated rings. The van der Waals surface area contributed by atoms with Crippen LogP contribution in [0.5, 0.6) is 5.75 Å². The zero-order valence-corrected chi connectivity index (χ0v) is 19.1. The number of ether oxygens (including phenoxy) is 1. The number of benzene rings is 2. The number of nitrogens with one attached hydrogen (secondary N) is 1. The molecule has 4 heterocycles. The van der Waals surface area contributed by atoms with Crippen molar-refractivity contribution in [3.63, 3.8) is 0 Å². The number of halogens is 1. The van der Waals surface area contributed by atoms with Gasteiger partial charge in [0.05, 0.1) is 17.6 Å². The van der Waals surface area contributed by atoms with Crippen LogP contribution in [0.15, 0.2) is 55.0 Å². The first-order valence-corrected chi connectivity index (χ1v) is 11.2. The van der Waals surface area contributed by atoms with E-state index < -0.39 is 0 Å². The lowest BCUT2D eigenvalue weighted by Crippen LogP contribution is -2.26. The number of pyridine rings is 1. The molecule has 3 aromatic heterocycles. The molecule has 6 rings (SSSR count). The first-order valence-electron chi connectivity index (χ1n) is 10.2. The average molecular weight is 535 g/mol. The molecule has 0 saturated heterocycles. The van der Waals surface area contributed by atoms with E-state index in [1.165, 1.54) is 0 Å². The number of hydrogen-bond donors (Lipinski definition) is 2. The van der Waals surface area contributed by atoms with E-state index in [2.05, 4.69) is 76.7 Å². The molecule has 32 heavy (non-hydrogen) atoms. The van der Waals surface area contributed by atoms with Gasteiger partial charge in [-0.15, -0.1) is 0 Å². The smallest absolute Gasteiger partial charge is 0.200 e. The van der Waals surface area contributed by atoms with Crippen LogP contribution in [0.1, 0.15) is 5.56 Å². The van der Waals surface area contributed by atoms with E-state index in [0.717, 1.165) is 54.8 Å². The molecule has 3 N–H and O–H groups in total. The number of H-pyrrole nitrogens is 1. The maximum absolute atomic E-state index is 6.07. The van der Waals surface area contributed by atoms with E-state index in [1.54, 1.807) is 6.33 Å². The van der Waals surface area contributed by atoms with Crippen LogP contribution in [0.3, 0.4) is 0 Å².